The van der Waals surface area contributed by atoms with Crippen molar-refractivity contribution in [1.82, 2.24) is 4.90 Å². The fourth-order valence-electron chi connectivity index (χ4n) is 2.58. The van der Waals surface area contributed by atoms with Gasteiger partial charge in [-0.15, -0.1) is 0 Å². The highest BCUT2D eigenvalue weighted by Crippen LogP contribution is 2.39. The van der Waals surface area contributed by atoms with E-state index in [2.05, 4.69) is 0 Å². The average molecular weight is 421 g/mol. The second-order valence-electron chi connectivity index (χ2n) is 5.74. The topological polar surface area (TPSA) is 110 Å². The van der Waals surface area contributed by atoms with Crippen molar-refractivity contribution >= 4 is 46.3 Å². The van der Waals surface area contributed by atoms with Gasteiger partial charge in [0.1, 0.15) is 0 Å². The Labute approximate surface area is 168 Å². The molecule has 0 bridgehead atoms. The van der Waals surface area contributed by atoms with Crippen LogP contribution >= 0.6 is 23.4 Å². The standard InChI is InChI=1S/C18H13ClN2O6S/c1-27-14-8-13(21(25)26)6-11(16(14)22)7-15-17(23)20(18(24)28-15)9-10-3-2-4-12(19)5-10/h2-8,22H,9H2,1H3/b15-7-. The number of methoxy groups -OCH3 is 1. The fraction of sp³-hybridized carbons (Fsp3) is 0.111. The zero-order chi connectivity index (χ0) is 20.4. The summed E-state index contributed by atoms with van der Waals surface area (Å²) in [6.45, 7) is 0.0345. The number of phenolic OH excluding ortho intramolecular Hbond substituents is 1. The Morgan fingerprint density at radius 3 is 2.71 bits per heavy atom. The van der Waals surface area contributed by atoms with Crippen LogP contribution in [0.5, 0.6) is 11.5 Å². The summed E-state index contributed by atoms with van der Waals surface area (Å²) in [7, 11) is 1.25. The molecular weight excluding hydrogens is 408 g/mol. The first kappa shape index (κ1) is 19.7. The maximum Gasteiger partial charge on any atom is 0.293 e. The number of phenols is 1. The summed E-state index contributed by atoms with van der Waals surface area (Å²) in [4.78, 5) is 36.4. The van der Waals surface area contributed by atoms with E-state index in [0.717, 1.165) is 17.0 Å². The largest absolute Gasteiger partial charge is 0.504 e. The van der Waals surface area contributed by atoms with Crippen LogP contribution in [0.2, 0.25) is 5.02 Å². The third kappa shape index (κ3) is 3.95. The van der Waals surface area contributed by atoms with Crippen LogP contribution in [-0.2, 0) is 11.3 Å². The van der Waals surface area contributed by atoms with Crippen LogP contribution in [0.1, 0.15) is 11.1 Å². The minimum absolute atomic E-state index is 0.000643. The Kier molecular flexibility index (Phi) is 5.57. The van der Waals surface area contributed by atoms with Gasteiger partial charge in [-0.25, -0.2) is 0 Å². The van der Waals surface area contributed by atoms with Crippen molar-refractivity contribution in [1.29, 1.82) is 0 Å². The summed E-state index contributed by atoms with van der Waals surface area (Å²) in [6.07, 6.45) is 1.23. The molecule has 0 radical (unpaired) electrons. The molecule has 2 aromatic rings. The number of nitrogens with zero attached hydrogens (tertiary/aromatic N) is 2. The number of hydrogen-bond acceptors (Lipinski definition) is 7. The molecule has 0 spiro atoms. The normalized spacial score (nSPS) is 15.4. The summed E-state index contributed by atoms with van der Waals surface area (Å²) in [5.41, 5.74) is 0.356. The van der Waals surface area contributed by atoms with E-state index < -0.39 is 16.1 Å². The van der Waals surface area contributed by atoms with Crippen molar-refractivity contribution in [2.24, 2.45) is 0 Å². The number of rotatable bonds is 5. The number of carbonyl (C=O) groups excluding carboxylic acids is 2. The maximum absolute atomic E-state index is 12.6. The Balaban J connectivity index is 1.93. The summed E-state index contributed by atoms with van der Waals surface area (Å²) in [6, 6.07) is 8.93. The zero-order valence-electron chi connectivity index (χ0n) is 14.4. The molecule has 2 amide bonds. The van der Waals surface area contributed by atoms with Gasteiger partial charge in [0, 0.05) is 16.7 Å². The highest BCUT2D eigenvalue weighted by Gasteiger charge is 2.35. The molecule has 1 fully saturated rings. The van der Waals surface area contributed by atoms with Gasteiger partial charge in [-0.2, -0.15) is 0 Å². The highest BCUT2D eigenvalue weighted by molar-refractivity contribution is 8.18. The lowest BCUT2D eigenvalue weighted by Crippen LogP contribution is -2.27. The molecule has 1 aliphatic heterocycles. The van der Waals surface area contributed by atoms with Crippen molar-refractivity contribution in [3.8, 4) is 11.5 Å². The number of thioether (sulfide) groups is 1. The SMILES string of the molecule is COc1cc([N+](=O)[O-])cc(/C=C2\SC(=O)N(Cc3cccc(Cl)c3)C2=O)c1O. The summed E-state index contributed by atoms with van der Waals surface area (Å²) >= 11 is 6.61. The number of halogens is 1. The average Bonchev–Trinajstić information content (AvgIpc) is 2.90. The van der Waals surface area contributed by atoms with Crippen LogP contribution in [0.15, 0.2) is 41.3 Å². The minimum atomic E-state index is -0.649. The minimum Gasteiger partial charge on any atom is -0.504 e. The maximum atomic E-state index is 12.6. The van der Waals surface area contributed by atoms with E-state index in [1.54, 1.807) is 24.3 Å². The van der Waals surface area contributed by atoms with Gasteiger partial charge in [-0.05, 0) is 35.5 Å². The third-order valence-electron chi connectivity index (χ3n) is 3.91. The van der Waals surface area contributed by atoms with Crippen molar-refractivity contribution in [3.63, 3.8) is 0 Å². The van der Waals surface area contributed by atoms with Crippen molar-refractivity contribution in [3.05, 3.63) is 67.6 Å². The van der Waals surface area contributed by atoms with Gasteiger partial charge >= 0.3 is 0 Å². The number of imide groups is 1. The van der Waals surface area contributed by atoms with Crippen LogP contribution in [0.3, 0.4) is 0 Å². The van der Waals surface area contributed by atoms with Crippen LogP contribution in [0, 0.1) is 10.1 Å². The second-order valence-corrected chi connectivity index (χ2v) is 7.17. The van der Waals surface area contributed by atoms with E-state index in [1.165, 1.54) is 13.2 Å². The van der Waals surface area contributed by atoms with Gasteiger partial charge in [-0.3, -0.25) is 24.6 Å². The van der Waals surface area contributed by atoms with Crippen molar-refractivity contribution < 1.29 is 24.4 Å². The second kappa shape index (κ2) is 7.91. The molecule has 0 aliphatic carbocycles. The lowest BCUT2D eigenvalue weighted by Gasteiger charge is -2.12. The van der Waals surface area contributed by atoms with E-state index in [-0.39, 0.29) is 34.2 Å². The van der Waals surface area contributed by atoms with Crippen LogP contribution in [-0.4, -0.2) is 33.2 Å². The Hall–Kier alpha value is -3.04. The number of hydrogen-bond donors (Lipinski definition) is 1. The van der Waals surface area contributed by atoms with Crippen molar-refractivity contribution in [2.75, 3.05) is 7.11 Å². The molecule has 0 atom stereocenters. The number of nitro groups is 1. The molecule has 10 heteroatoms. The van der Waals surface area contributed by atoms with E-state index >= 15 is 0 Å². The van der Waals surface area contributed by atoms with Crippen LogP contribution in [0.25, 0.3) is 6.08 Å². The van der Waals surface area contributed by atoms with Crippen molar-refractivity contribution in [2.45, 2.75) is 6.54 Å². The molecule has 1 saturated heterocycles. The van der Waals surface area contributed by atoms with Gasteiger partial charge in [0.2, 0.25) is 0 Å². The first-order valence-electron chi connectivity index (χ1n) is 7.85. The van der Waals surface area contributed by atoms with Gasteiger partial charge in [0.15, 0.2) is 11.5 Å². The molecule has 1 aliphatic rings. The van der Waals surface area contributed by atoms with E-state index in [9.17, 15) is 24.8 Å². The highest BCUT2D eigenvalue weighted by atomic mass is 35.5. The fourth-order valence-corrected chi connectivity index (χ4v) is 3.62. The molecular formula is C18H13ClN2O6S. The number of amides is 2. The van der Waals surface area contributed by atoms with Crippen LogP contribution in [0.4, 0.5) is 10.5 Å². The molecule has 28 heavy (non-hydrogen) atoms. The van der Waals surface area contributed by atoms with Gasteiger partial charge in [0.05, 0.1) is 29.5 Å². The first-order valence-corrected chi connectivity index (χ1v) is 9.05. The summed E-state index contributed by atoms with van der Waals surface area (Å²) in [5.74, 6) is -1.05. The quantitative estimate of drug-likeness (QED) is 0.438. The lowest BCUT2D eigenvalue weighted by atomic mass is 10.1. The molecule has 0 aromatic heterocycles. The molecule has 0 saturated carbocycles. The first-order chi connectivity index (χ1) is 13.3. The molecule has 8 nitrogen and oxygen atoms in total. The van der Waals surface area contributed by atoms with Crippen LogP contribution < -0.4 is 4.74 Å². The number of ether oxygens (including phenoxy) is 1. The molecule has 2 aromatic carbocycles. The third-order valence-corrected chi connectivity index (χ3v) is 5.05. The molecule has 1 heterocycles. The van der Waals surface area contributed by atoms with Gasteiger partial charge in [0.25, 0.3) is 16.8 Å². The number of aromatic hydroxyl groups is 1. The molecule has 0 unspecified atom stereocenters. The monoisotopic (exact) mass is 420 g/mol. The van der Waals surface area contributed by atoms with Gasteiger partial charge in [-0.1, -0.05) is 23.7 Å². The number of nitro benzene ring substituents is 1. The number of carbonyl (C=O) groups is 2. The van der Waals surface area contributed by atoms with E-state index in [1.807, 2.05) is 0 Å². The predicted octanol–water partition coefficient (Wildman–Crippen LogP) is 4.20. The smallest absolute Gasteiger partial charge is 0.293 e. The summed E-state index contributed by atoms with van der Waals surface area (Å²) < 4.78 is 4.93. The molecule has 144 valence electrons. The van der Waals surface area contributed by atoms with E-state index in [0.29, 0.717) is 22.3 Å². The molecule has 1 N–H and O–H groups in total. The predicted molar refractivity (Wildman–Crippen MR) is 104 cm³/mol. The van der Waals surface area contributed by atoms with Gasteiger partial charge < -0.3 is 9.84 Å². The van der Waals surface area contributed by atoms with E-state index in [4.69, 9.17) is 16.3 Å². The Bertz CT molecular complexity index is 1020. The molecule has 3 rings (SSSR count). The summed E-state index contributed by atoms with van der Waals surface area (Å²) in [5, 5.41) is 21.3. The number of benzene rings is 2. The zero-order valence-corrected chi connectivity index (χ0v) is 16.0. The Morgan fingerprint density at radius 2 is 2.07 bits per heavy atom. The lowest BCUT2D eigenvalue weighted by molar-refractivity contribution is -0.385. The number of non-ortho nitro benzene ring substituents is 1. The Morgan fingerprint density at radius 1 is 1.32 bits per heavy atom.